The van der Waals surface area contributed by atoms with Crippen LogP contribution in [0.15, 0.2) is 36.4 Å². The van der Waals surface area contributed by atoms with Crippen LogP contribution in [0.1, 0.15) is 17.0 Å². The number of pyridine rings is 1. The van der Waals surface area contributed by atoms with Crippen LogP contribution in [0.25, 0.3) is 0 Å². The molecule has 1 aromatic carbocycles. The molecule has 0 aliphatic rings. The van der Waals surface area contributed by atoms with Gasteiger partial charge in [0.15, 0.2) is 0 Å². The summed E-state index contributed by atoms with van der Waals surface area (Å²) in [6, 6.07) is 11.0. The summed E-state index contributed by atoms with van der Waals surface area (Å²) in [6.07, 6.45) is 0. The van der Waals surface area contributed by atoms with Crippen LogP contribution in [0.3, 0.4) is 0 Å². The fraction of sp³-hybridized carbons (Fsp3) is 0.0714. The number of anilines is 1. The molecule has 0 spiro atoms. The topological polar surface area (TPSA) is 38.9 Å². The van der Waals surface area contributed by atoms with Gasteiger partial charge >= 0.3 is 0 Å². The van der Waals surface area contributed by atoms with Crippen molar-refractivity contribution in [1.29, 1.82) is 0 Å². The van der Waals surface area contributed by atoms with Crippen molar-refractivity contribution in [3.05, 3.63) is 58.4 Å². The number of rotatable bonds is 0. The van der Waals surface area contributed by atoms with Gasteiger partial charge in [0.25, 0.3) is 0 Å². The van der Waals surface area contributed by atoms with Crippen molar-refractivity contribution in [1.82, 2.24) is 4.98 Å². The van der Waals surface area contributed by atoms with Crippen LogP contribution >= 0.6 is 11.6 Å². The summed E-state index contributed by atoms with van der Waals surface area (Å²) in [6.45, 7) is 1.91. The number of nitrogens with two attached hydrogens (primary N) is 1. The van der Waals surface area contributed by atoms with E-state index >= 15 is 0 Å². The molecule has 0 unspecified atom stereocenters. The fourth-order valence-electron chi connectivity index (χ4n) is 1.37. The molecule has 2 nitrogen and oxygen atoms in total. The molecule has 0 aliphatic heterocycles. The van der Waals surface area contributed by atoms with E-state index in [2.05, 4.69) is 16.8 Å². The number of aromatic nitrogens is 1. The highest BCUT2D eigenvalue weighted by atomic mass is 35.5. The Balaban J connectivity index is 2.36. The van der Waals surface area contributed by atoms with Gasteiger partial charge in [-0.3, -0.25) is 0 Å². The molecule has 17 heavy (non-hydrogen) atoms. The molecule has 0 saturated heterocycles. The van der Waals surface area contributed by atoms with E-state index in [4.69, 9.17) is 17.3 Å². The van der Waals surface area contributed by atoms with E-state index in [1.165, 1.54) is 0 Å². The maximum atomic E-state index is 5.87. The van der Waals surface area contributed by atoms with Crippen LogP contribution in [0, 0.1) is 18.8 Å². The second kappa shape index (κ2) is 4.90. The third-order valence-electron chi connectivity index (χ3n) is 2.22. The number of benzene rings is 1. The van der Waals surface area contributed by atoms with Crippen LogP contribution in [-0.2, 0) is 0 Å². The first kappa shape index (κ1) is 11.5. The zero-order chi connectivity index (χ0) is 12.3. The Labute approximate surface area is 105 Å². The van der Waals surface area contributed by atoms with Crippen molar-refractivity contribution in [3.8, 4) is 11.8 Å². The highest BCUT2D eigenvalue weighted by molar-refractivity contribution is 6.30. The molecule has 0 radical (unpaired) electrons. The van der Waals surface area contributed by atoms with Crippen LogP contribution in [-0.4, -0.2) is 4.98 Å². The largest absolute Gasteiger partial charge is 0.396 e. The average molecular weight is 243 g/mol. The highest BCUT2D eigenvalue weighted by Crippen LogP contribution is 2.11. The Morgan fingerprint density at radius 3 is 2.76 bits per heavy atom. The Morgan fingerprint density at radius 2 is 2.00 bits per heavy atom. The lowest BCUT2D eigenvalue weighted by Crippen LogP contribution is -1.95. The molecular formula is C14H11ClN2. The summed E-state index contributed by atoms with van der Waals surface area (Å²) in [7, 11) is 0. The number of nitrogen functional groups attached to an aromatic ring is 1. The zero-order valence-corrected chi connectivity index (χ0v) is 10.1. The van der Waals surface area contributed by atoms with Gasteiger partial charge in [-0.1, -0.05) is 23.6 Å². The van der Waals surface area contributed by atoms with Crippen molar-refractivity contribution >= 4 is 17.3 Å². The predicted octanol–water partition coefficient (Wildman–Crippen LogP) is 3.03. The van der Waals surface area contributed by atoms with Crippen LogP contribution < -0.4 is 5.73 Å². The number of hydrogen-bond donors (Lipinski definition) is 1. The molecule has 0 amide bonds. The van der Waals surface area contributed by atoms with Gasteiger partial charge in [0, 0.05) is 16.3 Å². The maximum Gasteiger partial charge on any atom is 0.136 e. The molecule has 2 rings (SSSR count). The Bertz CT molecular complexity index is 609. The van der Waals surface area contributed by atoms with Gasteiger partial charge in [0.1, 0.15) is 5.69 Å². The zero-order valence-electron chi connectivity index (χ0n) is 9.37. The second-order valence-electron chi connectivity index (χ2n) is 3.65. The lowest BCUT2D eigenvalue weighted by atomic mass is 10.2. The normalized spacial score (nSPS) is 9.53. The Morgan fingerprint density at radius 1 is 1.18 bits per heavy atom. The first-order chi connectivity index (χ1) is 8.15. The summed E-state index contributed by atoms with van der Waals surface area (Å²) in [5.74, 6) is 5.95. The van der Waals surface area contributed by atoms with E-state index in [9.17, 15) is 0 Å². The summed E-state index contributed by atoms with van der Waals surface area (Å²) >= 11 is 5.87. The van der Waals surface area contributed by atoms with E-state index in [0.717, 1.165) is 11.3 Å². The molecule has 1 aromatic heterocycles. The SMILES string of the molecule is Cc1ccc(N)c(C#Cc2cccc(Cl)c2)n1. The van der Waals surface area contributed by atoms with Crippen molar-refractivity contribution in [2.75, 3.05) is 5.73 Å². The summed E-state index contributed by atoms with van der Waals surface area (Å²) < 4.78 is 0. The minimum Gasteiger partial charge on any atom is -0.396 e. The summed E-state index contributed by atoms with van der Waals surface area (Å²) in [5, 5.41) is 0.668. The van der Waals surface area contributed by atoms with E-state index < -0.39 is 0 Å². The first-order valence-corrected chi connectivity index (χ1v) is 5.53. The van der Waals surface area contributed by atoms with Gasteiger partial charge in [-0.2, -0.15) is 0 Å². The smallest absolute Gasteiger partial charge is 0.136 e. The predicted molar refractivity (Wildman–Crippen MR) is 70.8 cm³/mol. The standard InChI is InChI=1S/C14H11ClN2/c1-10-5-7-13(16)14(17-10)8-6-11-3-2-4-12(15)9-11/h2-5,7,9H,16H2,1H3. The van der Waals surface area contributed by atoms with Crippen molar-refractivity contribution < 1.29 is 0 Å². The van der Waals surface area contributed by atoms with E-state index in [1.807, 2.05) is 37.3 Å². The molecule has 0 fully saturated rings. The molecule has 84 valence electrons. The van der Waals surface area contributed by atoms with Crippen LogP contribution in [0.5, 0.6) is 0 Å². The third-order valence-corrected chi connectivity index (χ3v) is 2.45. The summed E-state index contributed by atoms with van der Waals surface area (Å²) in [4.78, 5) is 4.28. The minimum atomic E-state index is 0.588. The van der Waals surface area contributed by atoms with E-state index in [0.29, 0.717) is 16.4 Å². The molecule has 0 saturated carbocycles. The molecule has 1 heterocycles. The van der Waals surface area contributed by atoms with Crippen molar-refractivity contribution in [2.45, 2.75) is 6.92 Å². The van der Waals surface area contributed by atoms with Crippen LogP contribution in [0.2, 0.25) is 5.02 Å². The average Bonchev–Trinajstić information content (AvgIpc) is 2.30. The van der Waals surface area contributed by atoms with Gasteiger partial charge in [0.2, 0.25) is 0 Å². The number of hydrogen-bond acceptors (Lipinski definition) is 2. The van der Waals surface area contributed by atoms with Crippen molar-refractivity contribution in [3.63, 3.8) is 0 Å². The first-order valence-electron chi connectivity index (χ1n) is 5.16. The Kier molecular flexibility index (Phi) is 3.32. The minimum absolute atomic E-state index is 0.588. The van der Waals surface area contributed by atoms with Gasteiger partial charge in [-0.25, -0.2) is 4.98 Å². The number of halogens is 1. The monoisotopic (exact) mass is 242 g/mol. The van der Waals surface area contributed by atoms with Gasteiger partial charge in [0.05, 0.1) is 5.69 Å². The quantitative estimate of drug-likeness (QED) is 0.722. The van der Waals surface area contributed by atoms with Crippen molar-refractivity contribution in [2.24, 2.45) is 0 Å². The highest BCUT2D eigenvalue weighted by Gasteiger charge is 1.96. The molecule has 2 aromatic rings. The molecule has 3 heteroatoms. The molecule has 0 atom stereocenters. The van der Waals surface area contributed by atoms with E-state index in [1.54, 1.807) is 6.07 Å². The van der Waals surface area contributed by atoms with E-state index in [-0.39, 0.29) is 0 Å². The second-order valence-corrected chi connectivity index (χ2v) is 4.09. The van der Waals surface area contributed by atoms with Gasteiger partial charge in [-0.15, -0.1) is 0 Å². The maximum absolute atomic E-state index is 5.87. The fourth-order valence-corrected chi connectivity index (χ4v) is 1.56. The number of aryl methyl sites for hydroxylation is 1. The molecule has 0 bridgehead atoms. The number of nitrogens with zero attached hydrogens (tertiary/aromatic N) is 1. The summed E-state index contributed by atoms with van der Waals surface area (Å²) in [5.41, 5.74) is 8.73. The van der Waals surface area contributed by atoms with Gasteiger partial charge < -0.3 is 5.73 Å². The molecular weight excluding hydrogens is 232 g/mol. The van der Waals surface area contributed by atoms with Gasteiger partial charge in [-0.05, 0) is 43.2 Å². The molecule has 0 aliphatic carbocycles. The lowest BCUT2D eigenvalue weighted by Gasteiger charge is -1.98. The third kappa shape index (κ3) is 2.99. The Hall–Kier alpha value is -1.98. The molecule has 2 N–H and O–H groups in total. The lowest BCUT2D eigenvalue weighted by molar-refractivity contribution is 1.18. The van der Waals surface area contributed by atoms with Crippen LogP contribution in [0.4, 0.5) is 5.69 Å².